The SMILES string of the molecule is CCCNC(CC)Cc1cc(CC)nn1C. The molecule has 1 N–H and O–H groups in total. The minimum absolute atomic E-state index is 0.583. The Morgan fingerprint density at radius 1 is 1.38 bits per heavy atom. The van der Waals surface area contributed by atoms with E-state index in [2.05, 4.69) is 37.3 Å². The van der Waals surface area contributed by atoms with E-state index in [1.807, 2.05) is 11.7 Å². The monoisotopic (exact) mass is 223 g/mol. The van der Waals surface area contributed by atoms with E-state index in [4.69, 9.17) is 0 Å². The van der Waals surface area contributed by atoms with Gasteiger partial charge in [0.05, 0.1) is 5.69 Å². The van der Waals surface area contributed by atoms with Gasteiger partial charge >= 0.3 is 0 Å². The number of hydrogen-bond acceptors (Lipinski definition) is 2. The van der Waals surface area contributed by atoms with Crippen LogP contribution in [0.5, 0.6) is 0 Å². The molecule has 16 heavy (non-hydrogen) atoms. The van der Waals surface area contributed by atoms with Gasteiger partial charge in [-0.2, -0.15) is 5.10 Å². The first kappa shape index (κ1) is 13.2. The average Bonchev–Trinajstić information content (AvgIpc) is 2.65. The second-order valence-corrected chi connectivity index (χ2v) is 4.37. The van der Waals surface area contributed by atoms with Gasteiger partial charge in [-0.25, -0.2) is 0 Å². The molecule has 1 aromatic heterocycles. The van der Waals surface area contributed by atoms with Crippen LogP contribution in [0.15, 0.2) is 6.07 Å². The Balaban J connectivity index is 2.58. The van der Waals surface area contributed by atoms with Crippen LogP contribution in [0.1, 0.15) is 45.0 Å². The van der Waals surface area contributed by atoms with Gasteiger partial charge in [0.15, 0.2) is 0 Å². The minimum Gasteiger partial charge on any atom is -0.314 e. The minimum atomic E-state index is 0.583. The Morgan fingerprint density at radius 2 is 2.12 bits per heavy atom. The summed E-state index contributed by atoms with van der Waals surface area (Å²) >= 11 is 0. The summed E-state index contributed by atoms with van der Waals surface area (Å²) in [5.41, 5.74) is 2.54. The smallest absolute Gasteiger partial charge is 0.0624 e. The maximum absolute atomic E-state index is 4.49. The van der Waals surface area contributed by atoms with Crippen molar-refractivity contribution in [2.75, 3.05) is 6.54 Å². The molecule has 0 saturated heterocycles. The molecule has 0 saturated carbocycles. The van der Waals surface area contributed by atoms with Crippen molar-refractivity contribution < 1.29 is 0 Å². The molecule has 0 aromatic carbocycles. The Labute approximate surface area is 99.2 Å². The fourth-order valence-corrected chi connectivity index (χ4v) is 1.90. The highest BCUT2D eigenvalue weighted by atomic mass is 15.3. The van der Waals surface area contributed by atoms with Crippen molar-refractivity contribution >= 4 is 0 Å². The van der Waals surface area contributed by atoms with Crippen LogP contribution in [0.4, 0.5) is 0 Å². The van der Waals surface area contributed by atoms with Gasteiger partial charge < -0.3 is 5.32 Å². The van der Waals surface area contributed by atoms with Crippen LogP contribution in [0.3, 0.4) is 0 Å². The van der Waals surface area contributed by atoms with Gasteiger partial charge in [-0.3, -0.25) is 4.68 Å². The first-order valence-electron chi connectivity index (χ1n) is 6.46. The standard InChI is InChI=1S/C13H25N3/c1-5-8-14-11(6-2)9-13-10-12(7-3)15-16(13)4/h10-11,14H,5-9H2,1-4H3. The van der Waals surface area contributed by atoms with Gasteiger partial charge in [0.1, 0.15) is 0 Å². The van der Waals surface area contributed by atoms with Gasteiger partial charge in [-0.15, -0.1) is 0 Å². The van der Waals surface area contributed by atoms with E-state index >= 15 is 0 Å². The third-order valence-corrected chi connectivity index (χ3v) is 3.02. The van der Waals surface area contributed by atoms with E-state index in [0.29, 0.717) is 6.04 Å². The number of hydrogen-bond donors (Lipinski definition) is 1. The van der Waals surface area contributed by atoms with Gasteiger partial charge in [0, 0.05) is 25.2 Å². The van der Waals surface area contributed by atoms with Crippen LogP contribution in [0.2, 0.25) is 0 Å². The molecule has 0 aliphatic carbocycles. The quantitative estimate of drug-likeness (QED) is 0.768. The number of aromatic nitrogens is 2. The molecule has 3 nitrogen and oxygen atoms in total. The number of nitrogens with one attached hydrogen (secondary N) is 1. The molecule has 0 aliphatic heterocycles. The zero-order chi connectivity index (χ0) is 12.0. The molecular weight excluding hydrogens is 198 g/mol. The zero-order valence-electron chi connectivity index (χ0n) is 11.1. The van der Waals surface area contributed by atoms with E-state index in [1.165, 1.54) is 24.2 Å². The van der Waals surface area contributed by atoms with Crippen molar-refractivity contribution in [2.45, 2.75) is 52.5 Å². The second kappa shape index (κ2) is 6.69. The fourth-order valence-electron chi connectivity index (χ4n) is 1.90. The summed E-state index contributed by atoms with van der Waals surface area (Å²) in [6.07, 6.45) is 4.47. The molecule has 1 rings (SSSR count). The Bertz CT molecular complexity index is 304. The topological polar surface area (TPSA) is 29.9 Å². The van der Waals surface area contributed by atoms with Crippen LogP contribution in [-0.4, -0.2) is 22.4 Å². The molecule has 0 bridgehead atoms. The summed E-state index contributed by atoms with van der Waals surface area (Å²) in [6, 6.07) is 2.82. The summed E-state index contributed by atoms with van der Waals surface area (Å²) in [5.74, 6) is 0. The molecule has 0 aliphatic rings. The third kappa shape index (κ3) is 3.63. The highest BCUT2D eigenvalue weighted by Gasteiger charge is 2.10. The Morgan fingerprint density at radius 3 is 2.62 bits per heavy atom. The van der Waals surface area contributed by atoms with Crippen molar-refractivity contribution in [1.82, 2.24) is 15.1 Å². The molecule has 0 fully saturated rings. The van der Waals surface area contributed by atoms with Crippen LogP contribution in [0, 0.1) is 0 Å². The lowest BCUT2D eigenvalue weighted by Crippen LogP contribution is -2.31. The predicted octanol–water partition coefficient (Wildman–Crippen LogP) is 2.30. The van der Waals surface area contributed by atoms with Crippen LogP contribution in [0.25, 0.3) is 0 Å². The molecule has 3 heteroatoms. The lowest BCUT2D eigenvalue weighted by Gasteiger charge is -2.16. The normalized spacial score (nSPS) is 13.0. The van der Waals surface area contributed by atoms with Crippen molar-refractivity contribution in [1.29, 1.82) is 0 Å². The highest BCUT2D eigenvalue weighted by molar-refractivity contribution is 5.11. The highest BCUT2D eigenvalue weighted by Crippen LogP contribution is 2.08. The fraction of sp³-hybridized carbons (Fsp3) is 0.769. The second-order valence-electron chi connectivity index (χ2n) is 4.37. The van der Waals surface area contributed by atoms with Gasteiger partial charge in [-0.05, 0) is 31.9 Å². The van der Waals surface area contributed by atoms with Gasteiger partial charge in [0.25, 0.3) is 0 Å². The summed E-state index contributed by atoms with van der Waals surface area (Å²) in [4.78, 5) is 0. The molecule has 1 heterocycles. The number of rotatable bonds is 7. The summed E-state index contributed by atoms with van der Waals surface area (Å²) in [7, 11) is 2.04. The molecule has 1 atom stereocenters. The summed E-state index contributed by atoms with van der Waals surface area (Å²) in [6.45, 7) is 7.71. The maximum Gasteiger partial charge on any atom is 0.0624 e. The van der Waals surface area contributed by atoms with Crippen LogP contribution in [-0.2, 0) is 19.9 Å². The van der Waals surface area contributed by atoms with Crippen molar-refractivity contribution in [3.05, 3.63) is 17.5 Å². The summed E-state index contributed by atoms with van der Waals surface area (Å²) in [5, 5.41) is 8.07. The average molecular weight is 223 g/mol. The zero-order valence-corrected chi connectivity index (χ0v) is 11.1. The molecule has 92 valence electrons. The first-order valence-corrected chi connectivity index (χ1v) is 6.46. The molecule has 0 radical (unpaired) electrons. The molecule has 0 spiro atoms. The maximum atomic E-state index is 4.49. The number of nitrogens with zero attached hydrogens (tertiary/aromatic N) is 2. The van der Waals surface area contributed by atoms with Gasteiger partial charge in [0.2, 0.25) is 0 Å². The van der Waals surface area contributed by atoms with Crippen molar-refractivity contribution in [3.8, 4) is 0 Å². The van der Waals surface area contributed by atoms with E-state index in [1.54, 1.807) is 0 Å². The lowest BCUT2D eigenvalue weighted by molar-refractivity contribution is 0.481. The predicted molar refractivity (Wildman–Crippen MR) is 68.7 cm³/mol. The van der Waals surface area contributed by atoms with Crippen LogP contribution >= 0.6 is 0 Å². The first-order chi connectivity index (χ1) is 7.71. The van der Waals surface area contributed by atoms with E-state index < -0.39 is 0 Å². The number of aryl methyl sites for hydroxylation is 2. The Kier molecular flexibility index (Phi) is 5.53. The van der Waals surface area contributed by atoms with E-state index in [-0.39, 0.29) is 0 Å². The molecule has 0 amide bonds. The Hall–Kier alpha value is -0.830. The lowest BCUT2D eigenvalue weighted by atomic mass is 10.1. The molecule has 1 unspecified atom stereocenters. The van der Waals surface area contributed by atoms with Crippen molar-refractivity contribution in [3.63, 3.8) is 0 Å². The van der Waals surface area contributed by atoms with E-state index in [0.717, 1.165) is 19.4 Å². The summed E-state index contributed by atoms with van der Waals surface area (Å²) < 4.78 is 2.02. The van der Waals surface area contributed by atoms with Crippen LogP contribution < -0.4 is 5.32 Å². The largest absolute Gasteiger partial charge is 0.314 e. The van der Waals surface area contributed by atoms with Crippen molar-refractivity contribution in [2.24, 2.45) is 7.05 Å². The molecule has 1 aromatic rings. The molecular formula is C13H25N3. The van der Waals surface area contributed by atoms with Gasteiger partial charge in [-0.1, -0.05) is 20.8 Å². The van der Waals surface area contributed by atoms with E-state index in [9.17, 15) is 0 Å². The third-order valence-electron chi connectivity index (χ3n) is 3.02.